The Morgan fingerprint density at radius 1 is 1.14 bits per heavy atom. The van der Waals surface area contributed by atoms with Gasteiger partial charge in [0.2, 0.25) is 11.8 Å². The van der Waals surface area contributed by atoms with E-state index in [1.54, 1.807) is 25.4 Å². The number of aromatic nitrogens is 6. The summed E-state index contributed by atoms with van der Waals surface area (Å²) in [6.45, 7) is 9.11. The normalized spacial score (nSPS) is 13.6. The van der Waals surface area contributed by atoms with Crippen LogP contribution in [0.1, 0.15) is 37.7 Å². The van der Waals surface area contributed by atoms with Crippen LogP contribution < -0.4 is 5.73 Å². The Hall–Kier alpha value is -3.70. The molecule has 1 aliphatic heterocycles. The number of aliphatic hydroxyl groups excluding tert-OH is 1. The van der Waals surface area contributed by atoms with Crippen molar-refractivity contribution in [3.8, 4) is 5.75 Å². The fourth-order valence-corrected chi connectivity index (χ4v) is 4.09. The summed E-state index contributed by atoms with van der Waals surface area (Å²) in [5.74, 6) is 1.58. The van der Waals surface area contributed by atoms with Crippen LogP contribution in [0, 0.1) is 0 Å². The molecule has 0 atom stereocenters. The third-order valence-corrected chi connectivity index (χ3v) is 5.71. The van der Waals surface area contributed by atoms with E-state index >= 15 is 0 Å². The van der Waals surface area contributed by atoms with E-state index in [0.717, 1.165) is 38.6 Å². The van der Waals surface area contributed by atoms with Crippen molar-refractivity contribution in [2.24, 2.45) is 0 Å². The number of methoxy groups -OCH3 is 1. The Balaban J connectivity index is 0.000000815. The van der Waals surface area contributed by atoms with Crippen molar-refractivity contribution in [2.45, 2.75) is 40.3 Å². The molecule has 0 radical (unpaired) electrons. The molecule has 35 heavy (non-hydrogen) atoms. The molecule has 0 unspecified atom stereocenters. The average Bonchev–Trinajstić information content (AvgIpc) is 3.51. The van der Waals surface area contributed by atoms with Gasteiger partial charge >= 0.3 is 0 Å². The molecular formula is C24H34N8O3. The van der Waals surface area contributed by atoms with Crippen molar-refractivity contribution in [1.29, 1.82) is 0 Å². The maximum Gasteiger partial charge on any atom is 0.225 e. The topological polar surface area (TPSA) is 140 Å². The quantitative estimate of drug-likeness (QED) is 0.366. The highest BCUT2D eigenvalue weighted by molar-refractivity contribution is 5.90. The minimum Gasteiger partial charge on any atom is -0.508 e. The Morgan fingerprint density at radius 3 is 2.63 bits per heavy atom. The van der Waals surface area contributed by atoms with Gasteiger partial charge in [0.05, 0.1) is 25.2 Å². The van der Waals surface area contributed by atoms with Crippen LogP contribution in [0.4, 0.5) is 5.95 Å². The summed E-state index contributed by atoms with van der Waals surface area (Å²) < 4.78 is 8.70. The number of hydrogen-bond acceptors (Lipinski definition) is 9. The van der Waals surface area contributed by atoms with Crippen LogP contribution in [0.25, 0.3) is 22.4 Å². The number of benzene rings is 1. The molecule has 1 aliphatic rings. The van der Waals surface area contributed by atoms with Gasteiger partial charge in [0.25, 0.3) is 0 Å². The highest BCUT2D eigenvalue weighted by atomic mass is 16.5. The molecule has 4 N–H and O–H groups in total. The molecule has 3 aromatic heterocycles. The predicted molar refractivity (Wildman–Crippen MR) is 136 cm³/mol. The van der Waals surface area contributed by atoms with Crippen LogP contribution in [0.5, 0.6) is 5.75 Å². The summed E-state index contributed by atoms with van der Waals surface area (Å²) in [6.07, 6.45) is 4.52. The van der Waals surface area contributed by atoms with Crippen LogP contribution in [0.3, 0.4) is 0 Å². The molecule has 5 rings (SSSR count). The first-order chi connectivity index (χ1) is 17.1. The van der Waals surface area contributed by atoms with Crippen molar-refractivity contribution < 1.29 is 14.9 Å². The fraction of sp³-hybridized carbons (Fsp3) is 0.417. The van der Waals surface area contributed by atoms with Gasteiger partial charge in [-0.25, -0.2) is 9.67 Å². The summed E-state index contributed by atoms with van der Waals surface area (Å²) in [7, 11) is 2.58. The highest BCUT2D eigenvalue weighted by Gasteiger charge is 2.19. The lowest BCUT2D eigenvalue weighted by atomic mass is 9.99. The Kier molecular flexibility index (Phi) is 8.61. The van der Waals surface area contributed by atoms with Crippen LogP contribution in [0.2, 0.25) is 0 Å². The fourth-order valence-electron chi connectivity index (χ4n) is 4.09. The van der Waals surface area contributed by atoms with Crippen molar-refractivity contribution in [1.82, 2.24) is 34.3 Å². The van der Waals surface area contributed by atoms with E-state index in [-0.39, 0.29) is 5.95 Å². The summed E-state index contributed by atoms with van der Waals surface area (Å²) in [5.41, 5.74) is 9.92. The van der Waals surface area contributed by atoms with E-state index in [2.05, 4.69) is 25.1 Å². The number of phenols is 1. The summed E-state index contributed by atoms with van der Waals surface area (Å²) in [5, 5.41) is 26.5. The smallest absolute Gasteiger partial charge is 0.225 e. The zero-order valence-electron chi connectivity index (χ0n) is 20.9. The van der Waals surface area contributed by atoms with Gasteiger partial charge < -0.3 is 20.7 Å². The standard InChI is InChI=1S/C21H24N8O2.C2H6.CH4O/c1-3-17(31-2)18-24-20-16-11-23-28(19(16)25-21(22)29(20)26-18)9-8-27-7-6-13-4-5-15(30)10-14(13)12-27;2*1-2/h3-5,10-11,30H,6-9,12H2,1-2H3,(H2,22,25);1-2H3;2H,1H3/b17-3-;;. The van der Waals surface area contributed by atoms with Crippen molar-refractivity contribution in [3.63, 3.8) is 0 Å². The lowest BCUT2D eigenvalue weighted by Gasteiger charge is -2.28. The third-order valence-electron chi connectivity index (χ3n) is 5.71. The summed E-state index contributed by atoms with van der Waals surface area (Å²) >= 11 is 0. The Bertz CT molecular complexity index is 1310. The molecule has 1 aromatic carbocycles. The molecule has 0 spiro atoms. The van der Waals surface area contributed by atoms with Gasteiger partial charge in [-0.05, 0) is 42.7 Å². The SMILES string of the molecule is C/C=C(\OC)c1nc2c3cnn(CCN4CCc5ccc(O)cc5C4)c3nc(N)n2n1.CC.CO. The third kappa shape index (κ3) is 5.20. The highest BCUT2D eigenvalue weighted by Crippen LogP contribution is 2.24. The van der Waals surface area contributed by atoms with E-state index in [4.69, 9.17) is 15.6 Å². The molecule has 188 valence electrons. The summed E-state index contributed by atoms with van der Waals surface area (Å²) in [4.78, 5) is 11.5. The monoisotopic (exact) mass is 482 g/mol. The maximum atomic E-state index is 9.78. The maximum absolute atomic E-state index is 9.78. The van der Waals surface area contributed by atoms with E-state index in [9.17, 15) is 5.11 Å². The molecule has 0 saturated heterocycles. The van der Waals surface area contributed by atoms with Gasteiger partial charge in [-0.3, -0.25) is 4.90 Å². The van der Waals surface area contributed by atoms with Gasteiger partial charge in [0, 0.05) is 26.7 Å². The number of hydrogen-bond donors (Lipinski definition) is 3. The second-order valence-electron chi connectivity index (χ2n) is 7.58. The lowest BCUT2D eigenvalue weighted by Crippen LogP contribution is -2.33. The Morgan fingerprint density at radius 2 is 1.91 bits per heavy atom. The van der Waals surface area contributed by atoms with Gasteiger partial charge in [-0.1, -0.05) is 19.9 Å². The molecule has 4 heterocycles. The van der Waals surface area contributed by atoms with Crippen molar-refractivity contribution in [3.05, 3.63) is 47.4 Å². The number of allylic oxidation sites excluding steroid dienone is 1. The largest absolute Gasteiger partial charge is 0.508 e. The first kappa shape index (κ1) is 25.9. The van der Waals surface area contributed by atoms with Crippen LogP contribution in [-0.4, -0.2) is 71.8 Å². The van der Waals surface area contributed by atoms with Crippen molar-refractivity contribution in [2.75, 3.05) is 33.0 Å². The molecule has 4 aromatic rings. The average molecular weight is 483 g/mol. The van der Waals surface area contributed by atoms with Crippen LogP contribution in [0.15, 0.2) is 30.5 Å². The van der Waals surface area contributed by atoms with E-state index in [1.165, 1.54) is 15.6 Å². The number of nitrogens with zero attached hydrogens (tertiary/aromatic N) is 7. The van der Waals surface area contributed by atoms with Crippen LogP contribution in [-0.2, 0) is 24.2 Å². The number of phenolic OH excluding ortho intramolecular Hbond substituents is 1. The van der Waals surface area contributed by atoms with E-state index < -0.39 is 0 Å². The molecule has 0 amide bonds. The number of aliphatic hydroxyl groups is 1. The van der Waals surface area contributed by atoms with Crippen molar-refractivity contribution >= 4 is 28.4 Å². The van der Waals surface area contributed by atoms with Crippen LogP contribution >= 0.6 is 0 Å². The number of aromatic hydroxyl groups is 1. The molecule has 0 fully saturated rings. The number of nitrogen functional groups attached to an aromatic ring is 1. The second-order valence-corrected chi connectivity index (χ2v) is 7.58. The Labute approximate surface area is 204 Å². The van der Waals surface area contributed by atoms with E-state index in [1.807, 2.05) is 37.6 Å². The first-order valence-corrected chi connectivity index (χ1v) is 11.6. The van der Waals surface area contributed by atoms with Gasteiger partial charge in [0.1, 0.15) is 5.75 Å². The van der Waals surface area contributed by atoms with Gasteiger partial charge in [-0.2, -0.15) is 14.6 Å². The number of rotatable bonds is 5. The first-order valence-electron chi connectivity index (χ1n) is 11.6. The molecule has 0 bridgehead atoms. The lowest BCUT2D eigenvalue weighted by molar-refractivity contribution is 0.241. The predicted octanol–water partition coefficient (Wildman–Crippen LogP) is 2.46. The summed E-state index contributed by atoms with van der Waals surface area (Å²) in [6, 6.07) is 5.62. The molecule has 0 aliphatic carbocycles. The number of ether oxygens (including phenoxy) is 1. The zero-order valence-corrected chi connectivity index (χ0v) is 20.9. The molecule has 0 saturated carbocycles. The minimum absolute atomic E-state index is 0.247. The number of fused-ring (bicyclic) bond motifs is 4. The minimum atomic E-state index is 0.247. The molecular weight excluding hydrogens is 448 g/mol. The molecule has 11 heteroatoms. The van der Waals surface area contributed by atoms with E-state index in [0.29, 0.717) is 35.2 Å². The van der Waals surface area contributed by atoms with Gasteiger partial charge in [-0.15, -0.1) is 5.10 Å². The zero-order chi connectivity index (χ0) is 25.5. The number of nitrogens with two attached hydrogens (primary N) is 1. The second kappa shape index (κ2) is 11.6. The molecule has 11 nitrogen and oxygen atoms in total. The van der Waals surface area contributed by atoms with Gasteiger partial charge in [0.15, 0.2) is 17.1 Å². The number of anilines is 1.